The lowest BCUT2D eigenvalue weighted by molar-refractivity contribution is -0.377. The van der Waals surface area contributed by atoms with Crippen LogP contribution in [0.15, 0.2) is 48.8 Å². The molecule has 1 heterocycles. The Morgan fingerprint density at radius 2 is 1.71 bits per heavy atom. The first-order valence-corrected chi connectivity index (χ1v) is 4.88. The molecule has 5 heteroatoms. The van der Waals surface area contributed by atoms with Gasteiger partial charge in [-0.3, -0.25) is 0 Å². The highest BCUT2D eigenvalue weighted by atomic mass is 16.4. The van der Waals surface area contributed by atoms with Gasteiger partial charge in [-0.25, -0.2) is 4.98 Å². The summed E-state index contributed by atoms with van der Waals surface area (Å²) in [6.45, 7) is 0. The summed E-state index contributed by atoms with van der Waals surface area (Å²) in [5.41, 5.74) is 12.1. The number of benzene rings is 1. The summed E-state index contributed by atoms with van der Waals surface area (Å²) in [5.74, 6) is -1.18. The second kappa shape index (κ2) is 6.12. The maximum Gasteiger partial charge on any atom is 0.190 e. The maximum absolute atomic E-state index is 10.2. The second-order valence-electron chi connectivity index (χ2n) is 3.25. The van der Waals surface area contributed by atoms with E-state index in [0.717, 1.165) is 5.69 Å². The first-order valence-electron chi connectivity index (χ1n) is 4.88. The number of carbonyl (C=O) groups is 1. The van der Waals surface area contributed by atoms with Gasteiger partial charge in [0.15, 0.2) is 12.4 Å². The Balaban J connectivity index is 0.000000181. The van der Waals surface area contributed by atoms with E-state index in [-0.39, 0.29) is 5.56 Å². The fourth-order valence-electron chi connectivity index (χ4n) is 1.03. The number of carbonyl (C=O) groups excluding carboxylic acids is 1. The number of nitrogens with one attached hydrogen (secondary N) is 1. The molecule has 0 radical (unpaired) electrons. The molecule has 0 aliphatic heterocycles. The quantitative estimate of drug-likeness (QED) is 0.658. The molecule has 0 bridgehead atoms. The molecule has 0 aliphatic carbocycles. The summed E-state index contributed by atoms with van der Waals surface area (Å²) < 4.78 is 0. The van der Waals surface area contributed by atoms with Gasteiger partial charge in [0.05, 0.1) is 11.7 Å². The van der Waals surface area contributed by atoms with Gasteiger partial charge in [-0.1, -0.05) is 12.1 Å². The van der Waals surface area contributed by atoms with Crippen LogP contribution in [0.3, 0.4) is 0 Å². The molecule has 2 rings (SSSR count). The Labute approximate surface area is 98.7 Å². The van der Waals surface area contributed by atoms with Gasteiger partial charge in [-0.05, 0) is 23.8 Å². The van der Waals surface area contributed by atoms with Gasteiger partial charge in [-0.15, -0.1) is 0 Å². The number of aromatic amines is 1. The number of aromatic carboxylic acids is 1. The molecule has 17 heavy (non-hydrogen) atoms. The Hall–Kier alpha value is -2.56. The molecule has 1 aromatic heterocycles. The molecule has 5 N–H and O–H groups in total. The smallest absolute Gasteiger partial charge is 0.190 e. The summed E-state index contributed by atoms with van der Waals surface area (Å²) in [6.07, 6.45) is 3.55. The third-order valence-electron chi connectivity index (χ3n) is 1.88. The van der Waals surface area contributed by atoms with E-state index in [9.17, 15) is 9.90 Å². The monoisotopic (exact) mass is 231 g/mol. The van der Waals surface area contributed by atoms with Crippen LogP contribution in [-0.4, -0.2) is 5.97 Å². The number of carboxylic acids is 1. The Bertz CT molecular complexity index is 469. The highest BCUT2D eigenvalue weighted by molar-refractivity contribution is 5.86. The molecule has 0 saturated heterocycles. The zero-order valence-electron chi connectivity index (χ0n) is 9.09. The molecule has 2 aromatic rings. The molecule has 0 saturated carbocycles. The summed E-state index contributed by atoms with van der Waals surface area (Å²) in [6, 6.07) is 9.54. The number of hydrogen-bond acceptors (Lipinski definition) is 4. The summed E-state index contributed by atoms with van der Waals surface area (Å²) in [7, 11) is 0. The normalized spacial score (nSPS) is 8.94. The molecule has 0 atom stereocenters. The fraction of sp³-hybridized carbons (Fsp3) is 0. The molecular weight excluding hydrogens is 218 g/mol. The van der Waals surface area contributed by atoms with Crippen LogP contribution < -0.4 is 21.6 Å². The van der Waals surface area contributed by atoms with Gasteiger partial charge >= 0.3 is 0 Å². The fourth-order valence-corrected chi connectivity index (χ4v) is 1.03. The Morgan fingerprint density at radius 1 is 1.06 bits per heavy atom. The van der Waals surface area contributed by atoms with E-state index in [1.54, 1.807) is 6.20 Å². The minimum Gasteiger partial charge on any atom is -0.545 e. The van der Waals surface area contributed by atoms with Crippen LogP contribution in [0.4, 0.5) is 11.4 Å². The van der Waals surface area contributed by atoms with Crippen LogP contribution >= 0.6 is 0 Å². The maximum atomic E-state index is 10.2. The average Bonchev–Trinajstić information content (AvgIpc) is 2.31. The minimum atomic E-state index is -1.18. The molecule has 1 aromatic carbocycles. The van der Waals surface area contributed by atoms with Crippen molar-refractivity contribution in [2.24, 2.45) is 0 Å². The Kier molecular flexibility index (Phi) is 4.50. The summed E-state index contributed by atoms with van der Waals surface area (Å²) in [4.78, 5) is 13.0. The lowest BCUT2D eigenvalue weighted by Crippen LogP contribution is -2.21. The molecule has 0 aliphatic rings. The molecule has 0 unspecified atom stereocenters. The van der Waals surface area contributed by atoms with Crippen LogP contribution in [0.5, 0.6) is 0 Å². The zero-order chi connectivity index (χ0) is 12.7. The van der Waals surface area contributed by atoms with Crippen molar-refractivity contribution in [2.45, 2.75) is 0 Å². The van der Waals surface area contributed by atoms with Crippen LogP contribution in [0.1, 0.15) is 10.4 Å². The van der Waals surface area contributed by atoms with Crippen LogP contribution in [0.2, 0.25) is 0 Å². The van der Waals surface area contributed by atoms with Gasteiger partial charge in [0, 0.05) is 11.8 Å². The zero-order valence-corrected chi connectivity index (χ0v) is 9.09. The van der Waals surface area contributed by atoms with Gasteiger partial charge in [0.2, 0.25) is 0 Å². The van der Waals surface area contributed by atoms with Crippen molar-refractivity contribution in [2.75, 3.05) is 11.5 Å². The number of H-pyrrole nitrogens is 1. The number of hydrogen-bond donors (Lipinski definition) is 2. The standard InChI is InChI=1S/C7H7NO2.C5H6N2/c8-6-3-1-5(2-4-6)7(9)10;6-5-2-1-3-7-4-5/h1-4H,8H2,(H,9,10);1-4H,6H2. The van der Waals surface area contributed by atoms with E-state index >= 15 is 0 Å². The van der Waals surface area contributed by atoms with E-state index < -0.39 is 5.97 Å². The van der Waals surface area contributed by atoms with Gasteiger partial charge in [-0.2, -0.15) is 0 Å². The third kappa shape index (κ3) is 4.65. The lowest BCUT2D eigenvalue weighted by atomic mass is 10.2. The highest BCUT2D eigenvalue weighted by Gasteiger charge is 1.89. The van der Waals surface area contributed by atoms with Crippen molar-refractivity contribution in [3.05, 3.63) is 54.4 Å². The van der Waals surface area contributed by atoms with Crippen LogP contribution in [0.25, 0.3) is 0 Å². The molecular formula is C12H13N3O2. The van der Waals surface area contributed by atoms with E-state index in [0.29, 0.717) is 5.69 Å². The number of rotatable bonds is 1. The SMILES string of the molecule is Nc1ccc(C(=O)[O-])cc1.Nc1ccc[nH+]c1. The van der Waals surface area contributed by atoms with Gasteiger partial charge < -0.3 is 21.4 Å². The number of carboxylic acid groups (broad SMARTS) is 1. The lowest BCUT2D eigenvalue weighted by Gasteiger charge is -2.00. The molecule has 88 valence electrons. The third-order valence-corrected chi connectivity index (χ3v) is 1.88. The molecule has 0 fully saturated rings. The van der Waals surface area contributed by atoms with Crippen molar-refractivity contribution in [1.82, 2.24) is 0 Å². The summed E-state index contributed by atoms with van der Waals surface area (Å²) in [5, 5.41) is 10.2. The van der Waals surface area contributed by atoms with E-state index in [4.69, 9.17) is 11.5 Å². The van der Waals surface area contributed by atoms with Crippen molar-refractivity contribution >= 4 is 17.3 Å². The average molecular weight is 231 g/mol. The predicted octanol–water partition coefficient (Wildman–Crippen LogP) is -0.285. The van der Waals surface area contributed by atoms with Crippen molar-refractivity contribution < 1.29 is 14.9 Å². The number of nitrogens with two attached hydrogens (primary N) is 2. The topological polar surface area (TPSA) is 106 Å². The Morgan fingerprint density at radius 3 is 2.06 bits per heavy atom. The van der Waals surface area contributed by atoms with E-state index in [1.165, 1.54) is 24.3 Å². The molecule has 0 amide bonds. The second-order valence-corrected chi connectivity index (χ2v) is 3.25. The van der Waals surface area contributed by atoms with Crippen molar-refractivity contribution in [1.29, 1.82) is 0 Å². The first-order chi connectivity index (χ1) is 8.09. The summed E-state index contributed by atoms with van der Waals surface area (Å²) >= 11 is 0. The largest absolute Gasteiger partial charge is 0.545 e. The minimum absolute atomic E-state index is 0.147. The number of anilines is 2. The van der Waals surface area contributed by atoms with E-state index in [1.807, 2.05) is 18.3 Å². The predicted molar refractivity (Wildman–Crippen MR) is 62.6 cm³/mol. The van der Waals surface area contributed by atoms with Gasteiger partial charge in [0.1, 0.15) is 0 Å². The molecule has 5 nitrogen and oxygen atoms in total. The number of nitrogen functional groups attached to an aromatic ring is 2. The van der Waals surface area contributed by atoms with Crippen molar-refractivity contribution in [3.8, 4) is 0 Å². The molecule has 0 spiro atoms. The van der Waals surface area contributed by atoms with Crippen molar-refractivity contribution in [3.63, 3.8) is 0 Å². The van der Waals surface area contributed by atoms with Crippen LogP contribution in [0, 0.1) is 0 Å². The van der Waals surface area contributed by atoms with E-state index in [2.05, 4.69) is 4.98 Å². The highest BCUT2D eigenvalue weighted by Crippen LogP contribution is 2.03. The first kappa shape index (κ1) is 12.5. The van der Waals surface area contributed by atoms with Crippen LogP contribution in [-0.2, 0) is 0 Å². The number of pyridine rings is 1. The number of aromatic nitrogens is 1. The van der Waals surface area contributed by atoms with Gasteiger partial charge in [0.25, 0.3) is 0 Å².